The van der Waals surface area contributed by atoms with Crippen LogP contribution in [0.1, 0.15) is 5.56 Å². The molecule has 0 amide bonds. The quantitative estimate of drug-likeness (QED) is 0.631. The summed E-state index contributed by atoms with van der Waals surface area (Å²) < 4.78 is 15.8. The van der Waals surface area contributed by atoms with Gasteiger partial charge < -0.3 is 13.9 Å². The van der Waals surface area contributed by atoms with Crippen molar-refractivity contribution in [1.29, 1.82) is 0 Å². The van der Waals surface area contributed by atoms with Gasteiger partial charge in [-0.05, 0) is 13.2 Å². The van der Waals surface area contributed by atoms with Crippen LogP contribution in [-0.2, 0) is 0 Å². The van der Waals surface area contributed by atoms with Crippen LogP contribution in [0.15, 0.2) is 26.2 Å². The molecule has 18 heavy (non-hydrogen) atoms. The van der Waals surface area contributed by atoms with E-state index in [0.29, 0.717) is 17.1 Å². The van der Waals surface area contributed by atoms with E-state index in [9.17, 15) is 4.79 Å². The number of hydrogen-bond acceptors (Lipinski definition) is 5. The first-order valence-electron chi connectivity index (χ1n) is 5.35. The molecular formula is C13H14O4S. The van der Waals surface area contributed by atoms with Crippen molar-refractivity contribution in [1.82, 2.24) is 0 Å². The van der Waals surface area contributed by atoms with E-state index in [1.54, 1.807) is 20.3 Å². The van der Waals surface area contributed by atoms with Crippen molar-refractivity contribution in [3.63, 3.8) is 0 Å². The van der Waals surface area contributed by atoms with Crippen LogP contribution >= 0.6 is 11.8 Å². The fourth-order valence-electron chi connectivity index (χ4n) is 2.01. The Morgan fingerprint density at radius 2 is 1.94 bits per heavy atom. The van der Waals surface area contributed by atoms with Crippen molar-refractivity contribution in [3.05, 3.63) is 28.1 Å². The summed E-state index contributed by atoms with van der Waals surface area (Å²) >= 11 is 1.50. The molecule has 0 bridgehead atoms. The van der Waals surface area contributed by atoms with E-state index in [-0.39, 0.29) is 5.63 Å². The van der Waals surface area contributed by atoms with Crippen LogP contribution in [-0.4, -0.2) is 20.5 Å². The van der Waals surface area contributed by atoms with Gasteiger partial charge in [0.15, 0.2) is 11.5 Å². The van der Waals surface area contributed by atoms with E-state index >= 15 is 0 Å². The van der Waals surface area contributed by atoms with Crippen molar-refractivity contribution in [3.8, 4) is 11.5 Å². The third-order valence-corrected chi connectivity index (χ3v) is 3.56. The zero-order valence-corrected chi connectivity index (χ0v) is 11.5. The molecule has 1 heterocycles. The summed E-state index contributed by atoms with van der Waals surface area (Å²) in [6, 6.07) is 3.17. The highest BCUT2D eigenvalue weighted by Gasteiger charge is 2.16. The van der Waals surface area contributed by atoms with Crippen molar-refractivity contribution in [2.45, 2.75) is 11.8 Å². The van der Waals surface area contributed by atoms with E-state index in [1.807, 2.05) is 13.2 Å². The number of thioether (sulfide) groups is 1. The maximum atomic E-state index is 11.5. The molecule has 0 N–H and O–H groups in total. The van der Waals surface area contributed by atoms with Crippen LogP contribution in [0.25, 0.3) is 11.0 Å². The molecule has 0 aliphatic rings. The monoisotopic (exact) mass is 266 g/mol. The van der Waals surface area contributed by atoms with Crippen molar-refractivity contribution < 1.29 is 13.9 Å². The molecule has 0 saturated carbocycles. The van der Waals surface area contributed by atoms with E-state index in [0.717, 1.165) is 15.8 Å². The summed E-state index contributed by atoms with van der Waals surface area (Å²) in [6.07, 6.45) is 1.92. The maximum Gasteiger partial charge on any atom is 0.337 e. The Hall–Kier alpha value is -1.62. The molecule has 1 aromatic heterocycles. The Bertz CT molecular complexity index is 645. The second-order valence-electron chi connectivity index (χ2n) is 3.74. The van der Waals surface area contributed by atoms with Gasteiger partial charge in [0.05, 0.1) is 14.2 Å². The summed E-state index contributed by atoms with van der Waals surface area (Å²) in [5.74, 6) is 1.22. The molecule has 0 radical (unpaired) electrons. The molecule has 0 atom stereocenters. The van der Waals surface area contributed by atoms with E-state index in [1.165, 1.54) is 17.8 Å². The van der Waals surface area contributed by atoms with Gasteiger partial charge in [-0.15, -0.1) is 11.8 Å². The topological polar surface area (TPSA) is 48.7 Å². The van der Waals surface area contributed by atoms with E-state index < -0.39 is 0 Å². The third kappa shape index (κ3) is 1.95. The summed E-state index contributed by atoms with van der Waals surface area (Å²) in [6.45, 7) is 1.92. The number of rotatable bonds is 3. The van der Waals surface area contributed by atoms with Crippen LogP contribution in [0.4, 0.5) is 0 Å². The van der Waals surface area contributed by atoms with Crippen LogP contribution in [0.2, 0.25) is 0 Å². The number of benzene rings is 1. The van der Waals surface area contributed by atoms with Gasteiger partial charge in [-0.2, -0.15) is 0 Å². The molecular weight excluding hydrogens is 252 g/mol. The Labute approximate surface area is 109 Å². The van der Waals surface area contributed by atoms with Crippen LogP contribution in [0.3, 0.4) is 0 Å². The molecule has 2 rings (SSSR count). The van der Waals surface area contributed by atoms with Gasteiger partial charge >= 0.3 is 5.63 Å². The molecule has 0 saturated heterocycles. The standard InChI is InChI=1S/C13H14O4S/c1-7-12-8(5-9(15-2)13(7)16-3)17-11(14)6-10(12)18-4/h5-6H,1-4H3. The van der Waals surface area contributed by atoms with E-state index in [2.05, 4.69) is 0 Å². The lowest BCUT2D eigenvalue weighted by atomic mass is 10.1. The average molecular weight is 266 g/mol. The third-order valence-electron chi connectivity index (χ3n) is 2.80. The average Bonchev–Trinajstić information content (AvgIpc) is 2.36. The van der Waals surface area contributed by atoms with Crippen molar-refractivity contribution in [2.24, 2.45) is 0 Å². The Morgan fingerprint density at radius 1 is 1.22 bits per heavy atom. The molecule has 96 valence electrons. The molecule has 5 heteroatoms. The van der Waals surface area contributed by atoms with Gasteiger partial charge in [0.1, 0.15) is 5.58 Å². The van der Waals surface area contributed by atoms with Gasteiger partial charge in [0, 0.05) is 28.0 Å². The maximum absolute atomic E-state index is 11.5. The second-order valence-corrected chi connectivity index (χ2v) is 4.59. The predicted octanol–water partition coefficient (Wildman–Crippen LogP) is 2.84. The lowest BCUT2D eigenvalue weighted by Crippen LogP contribution is -2.01. The molecule has 4 nitrogen and oxygen atoms in total. The van der Waals surface area contributed by atoms with Crippen molar-refractivity contribution >= 4 is 22.7 Å². The van der Waals surface area contributed by atoms with Crippen LogP contribution in [0, 0.1) is 6.92 Å². The summed E-state index contributed by atoms with van der Waals surface area (Å²) in [5.41, 5.74) is 1.06. The van der Waals surface area contributed by atoms with Gasteiger partial charge in [0.25, 0.3) is 0 Å². The number of methoxy groups -OCH3 is 2. The zero-order valence-electron chi connectivity index (χ0n) is 10.7. The molecule has 0 aliphatic carbocycles. The minimum absolute atomic E-state index is 0.363. The SMILES string of the molecule is COc1cc2oc(=O)cc(SC)c2c(C)c1OC. The number of hydrogen-bond donors (Lipinski definition) is 0. The molecule has 1 aromatic carbocycles. The predicted molar refractivity (Wildman–Crippen MR) is 72.1 cm³/mol. The number of aryl methyl sites for hydroxylation is 1. The Morgan fingerprint density at radius 3 is 2.50 bits per heavy atom. The largest absolute Gasteiger partial charge is 0.493 e. The first-order chi connectivity index (χ1) is 8.62. The number of fused-ring (bicyclic) bond motifs is 1. The summed E-state index contributed by atoms with van der Waals surface area (Å²) in [4.78, 5) is 12.4. The minimum atomic E-state index is -0.363. The molecule has 0 aliphatic heterocycles. The molecule has 0 spiro atoms. The molecule has 2 aromatic rings. The van der Waals surface area contributed by atoms with Crippen LogP contribution < -0.4 is 15.1 Å². The highest BCUT2D eigenvalue weighted by Crippen LogP contribution is 2.39. The smallest absolute Gasteiger partial charge is 0.337 e. The van der Waals surface area contributed by atoms with Crippen LogP contribution in [0.5, 0.6) is 11.5 Å². The first kappa shape index (κ1) is 12.8. The minimum Gasteiger partial charge on any atom is -0.493 e. The van der Waals surface area contributed by atoms with E-state index in [4.69, 9.17) is 13.9 Å². The highest BCUT2D eigenvalue weighted by atomic mass is 32.2. The zero-order chi connectivity index (χ0) is 13.3. The lowest BCUT2D eigenvalue weighted by molar-refractivity contribution is 0.353. The fraction of sp³-hybridized carbons (Fsp3) is 0.308. The number of ether oxygens (including phenoxy) is 2. The Kier molecular flexibility index (Phi) is 3.52. The van der Waals surface area contributed by atoms with Gasteiger partial charge in [-0.25, -0.2) is 4.79 Å². The molecule has 0 fully saturated rings. The highest BCUT2D eigenvalue weighted by molar-refractivity contribution is 7.98. The second kappa shape index (κ2) is 4.94. The summed E-state index contributed by atoms with van der Waals surface area (Å²) in [5, 5.41) is 0.889. The van der Waals surface area contributed by atoms with Crippen molar-refractivity contribution in [2.75, 3.05) is 20.5 Å². The van der Waals surface area contributed by atoms with Gasteiger partial charge in [-0.1, -0.05) is 0 Å². The van der Waals surface area contributed by atoms with Gasteiger partial charge in [0.2, 0.25) is 0 Å². The first-order valence-corrected chi connectivity index (χ1v) is 6.58. The fourth-order valence-corrected chi connectivity index (χ4v) is 2.68. The lowest BCUT2D eigenvalue weighted by Gasteiger charge is -2.13. The van der Waals surface area contributed by atoms with Gasteiger partial charge in [-0.3, -0.25) is 0 Å². The normalized spacial score (nSPS) is 10.7. The summed E-state index contributed by atoms with van der Waals surface area (Å²) in [7, 11) is 3.15. The Balaban J connectivity index is 2.94. The molecule has 0 unspecified atom stereocenters.